The first-order valence-corrected chi connectivity index (χ1v) is 6.58. The standard InChI is InChI=1S/C13H17BrO3/c1-16-13-3-2-11(14)6-10(13)7-12(15)9-4-5-17-8-9/h2-3,6,9,12,15H,4-5,7-8H2,1H3. The van der Waals surface area contributed by atoms with E-state index in [0.29, 0.717) is 13.0 Å². The number of benzene rings is 1. The van der Waals surface area contributed by atoms with Gasteiger partial charge in [0, 0.05) is 23.4 Å². The topological polar surface area (TPSA) is 38.7 Å². The van der Waals surface area contributed by atoms with Crippen LogP contribution in [0.2, 0.25) is 0 Å². The van der Waals surface area contributed by atoms with Gasteiger partial charge in [0.25, 0.3) is 0 Å². The zero-order valence-corrected chi connectivity index (χ0v) is 11.4. The molecule has 17 heavy (non-hydrogen) atoms. The van der Waals surface area contributed by atoms with Gasteiger partial charge < -0.3 is 14.6 Å². The van der Waals surface area contributed by atoms with Gasteiger partial charge in [-0.05, 0) is 30.2 Å². The molecule has 0 bridgehead atoms. The number of hydrogen-bond acceptors (Lipinski definition) is 3. The van der Waals surface area contributed by atoms with E-state index < -0.39 is 0 Å². The lowest BCUT2D eigenvalue weighted by Gasteiger charge is -2.18. The highest BCUT2D eigenvalue weighted by Gasteiger charge is 2.24. The van der Waals surface area contributed by atoms with Gasteiger partial charge in [-0.2, -0.15) is 0 Å². The molecule has 0 aromatic heterocycles. The minimum absolute atomic E-state index is 0.249. The van der Waals surface area contributed by atoms with E-state index in [-0.39, 0.29) is 12.0 Å². The van der Waals surface area contributed by atoms with Crippen LogP contribution in [0, 0.1) is 5.92 Å². The van der Waals surface area contributed by atoms with Crippen LogP contribution in [0.1, 0.15) is 12.0 Å². The van der Waals surface area contributed by atoms with E-state index in [1.54, 1.807) is 7.11 Å². The molecule has 1 aliphatic rings. The minimum atomic E-state index is -0.360. The molecule has 2 atom stereocenters. The highest BCUT2D eigenvalue weighted by Crippen LogP contribution is 2.27. The summed E-state index contributed by atoms with van der Waals surface area (Å²) >= 11 is 3.44. The van der Waals surface area contributed by atoms with Gasteiger partial charge in [0.2, 0.25) is 0 Å². The fraction of sp³-hybridized carbons (Fsp3) is 0.538. The van der Waals surface area contributed by atoms with Crippen LogP contribution in [0.4, 0.5) is 0 Å². The van der Waals surface area contributed by atoms with Crippen molar-refractivity contribution in [1.29, 1.82) is 0 Å². The van der Waals surface area contributed by atoms with Crippen LogP contribution in [-0.4, -0.2) is 31.5 Å². The van der Waals surface area contributed by atoms with Gasteiger partial charge in [-0.15, -0.1) is 0 Å². The molecule has 3 nitrogen and oxygen atoms in total. The first kappa shape index (κ1) is 12.9. The molecule has 0 spiro atoms. The lowest BCUT2D eigenvalue weighted by atomic mass is 9.95. The van der Waals surface area contributed by atoms with Gasteiger partial charge in [-0.1, -0.05) is 15.9 Å². The number of halogens is 1. The van der Waals surface area contributed by atoms with Crippen LogP contribution in [-0.2, 0) is 11.2 Å². The molecular formula is C13H17BrO3. The fourth-order valence-electron chi connectivity index (χ4n) is 2.15. The van der Waals surface area contributed by atoms with Crippen molar-refractivity contribution in [3.05, 3.63) is 28.2 Å². The highest BCUT2D eigenvalue weighted by molar-refractivity contribution is 9.10. The molecule has 1 N–H and O–H groups in total. The van der Waals surface area contributed by atoms with Crippen molar-refractivity contribution in [1.82, 2.24) is 0 Å². The summed E-state index contributed by atoms with van der Waals surface area (Å²) in [5.74, 6) is 1.07. The highest BCUT2D eigenvalue weighted by atomic mass is 79.9. The molecule has 4 heteroatoms. The number of rotatable bonds is 4. The Morgan fingerprint density at radius 1 is 1.59 bits per heavy atom. The summed E-state index contributed by atoms with van der Waals surface area (Å²) in [6.45, 7) is 1.43. The third-order valence-electron chi connectivity index (χ3n) is 3.18. The van der Waals surface area contributed by atoms with E-state index in [1.165, 1.54) is 0 Å². The summed E-state index contributed by atoms with van der Waals surface area (Å²) < 4.78 is 11.6. The SMILES string of the molecule is COc1ccc(Br)cc1CC(O)C1CCOC1. The van der Waals surface area contributed by atoms with Gasteiger partial charge in [0.1, 0.15) is 5.75 Å². The number of ether oxygens (including phenoxy) is 2. The average Bonchev–Trinajstić information content (AvgIpc) is 2.83. The van der Waals surface area contributed by atoms with E-state index in [0.717, 1.165) is 28.8 Å². The predicted octanol–water partition coefficient (Wildman–Crippen LogP) is 2.40. The Balaban J connectivity index is 2.08. The lowest BCUT2D eigenvalue weighted by molar-refractivity contribution is 0.0913. The largest absolute Gasteiger partial charge is 0.496 e. The maximum atomic E-state index is 10.2. The molecule has 2 unspecified atom stereocenters. The molecular weight excluding hydrogens is 284 g/mol. The van der Waals surface area contributed by atoms with E-state index in [9.17, 15) is 5.11 Å². The fourth-order valence-corrected chi connectivity index (χ4v) is 2.56. The summed E-state index contributed by atoms with van der Waals surface area (Å²) in [6, 6.07) is 5.85. The molecule has 0 aliphatic carbocycles. The Labute approximate surface area is 110 Å². The number of hydrogen-bond donors (Lipinski definition) is 1. The second-order valence-electron chi connectivity index (χ2n) is 4.35. The van der Waals surface area contributed by atoms with E-state index in [4.69, 9.17) is 9.47 Å². The van der Waals surface area contributed by atoms with Crippen molar-refractivity contribution in [2.24, 2.45) is 5.92 Å². The molecule has 1 fully saturated rings. The Hall–Kier alpha value is -0.580. The van der Waals surface area contributed by atoms with Gasteiger partial charge in [0.15, 0.2) is 0 Å². The lowest BCUT2D eigenvalue weighted by Crippen LogP contribution is -2.23. The van der Waals surface area contributed by atoms with Crippen LogP contribution < -0.4 is 4.74 Å². The number of methoxy groups -OCH3 is 1. The molecule has 94 valence electrons. The monoisotopic (exact) mass is 300 g/mol. The van der Waals surface area contributed by atoms with Gasteiger partial charge >= 0.3 is 0 Å². The molecule has 0 radical (unpaired) electrons. The molecule has 1 aromatic carbocycles. The van der Waals surface area contributed by atoms with E-state index in [1.807, 2.05) is 18.2 Å². The maximum absolute atomic E-state index is 10.2. The first-order valence-electron chi connectivity index (χ1n) is 5.79. The molecule has 0 saturated carbocycles. The first-order chi connectivity index (χ1) is 8.20. The smallest absolute Gasteiger partial charge is 0.122 e. The van der Waals surface area contributed by atoms with Crippen molar-refractivity contribution in [3.63, 3.8) is 0 Å². The molecule has 2 rings (SSSR count). The number of aliphatic hydroxyl groups excluding tert-OH is 1. The van der Waals surface area contributed by atoms with Gasteiger partial charge in [-0.3, -0.25) is 0 Å². The quantitative estimate of drug-likeness (QED) is 0.928. The van der Waals surface area contributed by atoms with Crippen molar-refractivity contribution in [2.45, 2.75) is 18.9 Å². The van der Waals surface area contributed by atoms with Crippen LogP contribution in [0.15, 0.2) is 22.7 Å². The van der Waals surface area contributed by atoms with Gasteiger partial charge in [-0.25, -0.2) is 0 Å². The summed E-state index contributed by atoms with van der Waals surface area (Å²) in [4.78, 5) is 0. The van der Waals surface area contributed by atoms with Crippen molar-refractivity contribution in [2.75, 3.05) is 20.3 Å². The Kier molecular flexibility index (Phi) is 4.42. The van der Waals surface area contributed by atoms with Crippen molar-refractivity contribution >= 4 is 15.9 Å². The average molecular weight is 301 g/mol. The Morgan fingerprint density at radius 2 is 2.41 bits per heavy atom. The summed E-state index contributed by atoms with van der Waals surface area (Å²) in [6.07, 6.45) is 1.19. The molecule has 1 aliphatic heterocycles. The summed E-state index contributed by atoms with van der Waals surface area (Å²) in [5, 5.41) is 10.2. The van der Waals surface area contributed by atoms with E-state index in [2.05, 4.69) is 15.9 Å². The summed E-state index contributed by atoms with van der Waals surface area (Å²) in [5.41, 5.74) is 1.03. The molecule has 1 saturated heterocycles. The zero-order chi connectivity index (χ0) is 12.3. The third-order valence-corrected chi connectivity index (χ3v) is 3.67. The maximum Gasteiger partial charge on any atom is 0.122 e. The van der Waals surface area contributed by atoms with Gasteiger partial charge in [0.05, 0.1) is 19.8 Å². The molecule has 1 heterocycles. The summed E-state index contributed by atoms with van der Waals surface area (Å²) in [7, 11) is 1.65. The van der Waals surface area contributed by atoms with Crippen LogP contribution in [0.5, 0.6) is 5.75 Å². The van der Waals surface area contributed by atoms with Crippen LogP contribution in [0.25, 0.3) is 0 Å². The minimum Gasteiger partial charge on any atom is -0.496 e. The predicted molar refractivity (Wildman–Crippen MR) is 69.3 cm³/mol. The second kappa shape index (κ2) is 5.85. The Bertz CT molecular complexity index is 375. The van der Waals surface area contributed by atoms with Crippen molar-refractivity contribution < 1.29 is 14.6 Å². The number of aliphatic hydroxyl groups is 1. The molecule has 0 amide bonds. The molecule has 1 aromatic rings. The van der Waals surface area contributed by atoms with Crippen LogP contribution in [0.3, 0.4) is 0 Å². The zero-order valence-electron chi connectivity index (χ0n) is 9.86. The van der Waals surface area contributed by atoms with Crippen LogP contribution >= 0.6 is 15.9 Å². The van der Waals surface area contributed by atoms with Crippen molar-refractivity contribution in [3.8, 4) is 5.75 Å². The second-order valence-corrected chi connectivity index (χ2v) is 5.27. The normalized spacial score (nSPS) is 21.5. The van der Waals surface area contributed by atoms with E-state index >= 15 is 0 Å². The third kappa shape index (κ3) is 3.21. The Morgan fingerprint density at radius 3 is 3.06 bits per heavy atom.